The normalized spacial score (nSPS) is 44.8. The van der Waals surface area contributed by atoms with E-state index >= 15 is 0 Å². The van der Waals surface area contributed by atoms with Gasteiger partial charge in [0, 0.05) is 6.42 Å². The SMILES string of the molecule is CC(C)CCC[C@@H](C)[C@H]1CCC2C3CCC4=CC(N=O)C(F)(F)C[C@]4(C)C3CC[C@@]21C. The molecule has 0 aliphatic heterocycles. The topological polar surface area (TPSA) is 29.4 Å². The predicted molar refractivity (Wildman–Crippen MR) is 123 cm³/mol. The van der Waals surface area contributed by atoms with Gasteiger partial charge in [-0.25, -0.2) is 8.78 Å². The standard InChI is InChI=1S/C27H43F2NO/c1-17(2)7-6-8-18(3)21-11-12-22-20-10-9-19-15-24(30-31)27(28,29)16-26(19,5)23(20)13-14-25(21,22)4/h15,17-18,20-24H,6-14,16H2,1-5H3/t18-,20?,21-,22?,23?,24?,25-,26+/m1/s1. The Bertz CT molecular complexity index is 718. The van der Waals surface area contributed by atoms with E-state index in [0.29, 0.717) is 23.2 Å². The molecule has 0 amide bonds. The molecule has 0 radical (unpaired) electrons. The Balaban J connectivity index is 1.53. The van der Waals surface area contributed by atoms with Gasteiger partial charge in [0.15, 0.2) is 6.04 Å². The number of nitroso groups, excluding NO2 is 1. The maximum absolute atomic E-state index is 14.8. The van der Waals surface area contributed by atoms with E-state index in [1.165, 1.54) is 38.5 Å². The fraction of sp³-hybridized carbons (Fsp3) is 0.926. The zero-order chi connectivity index (χ0) is 22.6. The summed E-state index contributed by atoms with van der Waals surface area (Å²) in [7, 11) is 0. The van der Waals surface area contributed by atoms with Crippen LogP contribution in [0.25, 0.3) is 0 Å². The van der Waals surface area contributed by atoms with Crippen molar-refractivity contribution in [2.75, 3.05) is 0 Å². The average molecular weight is 436 g/mol. The van der Waals surface area contributed by atoms with Gasteiger partial charge in [0.05, 0.1) is 0 Å². The molecule has 4 rings (SSSR count). The number of nitrogens with zero attached hydrogens (tertiary/aromatic N) is 1. The molecule has 31 heavy (non-hydrogen) atoms. The van der Waals surface area contributed by atoms with Crippen LogP contribution in [0.5, 0.6) is 0 Å². The van der Waals surface area contributed by atoms with E-state index in [1.807, 2.05) is 0 Å². The summed E-state index contributed by atoms with van der Waals surface area (Å²) in [4.78, 5) is 11.1. The number of allylic oxidation sites excluding steroid dienone is 1. The lowest BCUT2D eigenvalue weighted by atomic mass is 9.46. The molecular weight excluding hydrogens is 392 g/mol. The third kappa shape index (κ3) is 3.82. The summed E-state index contributed by atoms with van der Waals surface area (Å²) in [5.41, 5.74) is 1.01. The fourth-order valence-corrected chi connectivity index (χ4v) is 8.88. The smallest absolute Gasteiger partial charge is 0.204 e. The molecule has 2 nitrogen and oxygen atoms in total. The summed E-state index contributed by atoms with van der Waals surface area (Å²) in [5.74, 6) is 0.890. The number of rotatable bonds is 6. The molecule has 0 bridgehead atoms. The lowest BCUT2D eigenvalue weighted by molar-refractivity contribution is -0.111. The van der Waals surface area contributed by atoms with Crippen molar-refractivity contribution in [3.8, 4) is 0 Å². The third-order valence-electron chi connectivity index (χ3n) is 10.4. The van der Waals surface area contributed by atoms with Crippen LogP contribution in [0.4, 0.5) is 8.78 Å². The molecule has 0 aromatic heterocycles. The van der Waals surface area contributed by atoms with E-state index in [1.54, 1.807) is 6.08 Å². The number of alkyl halides is 2. The van der Waals surface area contributed by atoms with Gasteiger partial charge >= 0.3 is 0 Å². The van der Waals surface area contributed by atoms with Gasteiger partial charge in [-0.15, -0.1) is 4.91 Å². The highest BCUT2D eigenvalue weighted by molar-refractivity contribution is 5.29. The molecule has 0 spiro atoms. The van der Waals surface area contributed by atoms with Gasteiger partial charge in [0.25, 0.3) is 5.92 Å². The van der Waals surface area contributed by atoms with E-state index in [9.17, 15) is 13.7 Å². The van der Waals surface area contributed by atoms with Gasteiger partial charge < -0.3 is 0 Å². The van der Waals surface area contributed by atoms with E-state index in [0.717, 1.165) is 42.6 Å². The summed E-state index contributed by atoms with van der Waals surface area (Å²) >= 11 is 0. The van der Waals surface area contributed by atoms with Crippen LogP contribution in [0.1, 0.15) is 98.8 Å². The Morgan fingerprint density at radius 2 is 1.81 bits per heavy atom. The molecule has 0 heterocycles. The van der Waals surface area contributed by atoms with E-state index < -0.39 is 17.4 Å². The monoisotopic (exact) mass is 435 g/mol. The Kier molecular flexibility index (Phi) is 6.18. The van der Waals surface area contributed by atoms with Crippen molar-refractivity contribution in [1.82, 2.24) is 0 Å². The minimum absolute atomic E-state index is 0.193. The van der Waals surface area contributed by atoms with Crippen molar-refractivity contribution < 1.29 is 8.78 Å². The maximum atomic E-state index is 14.8. The number of halogens is 2. The molecule has 0 N–H and O–H groups in total. The first kappa shape index (κ1) is 23.4. The van der Waals surface area contributed by atoms with Gasteiger partial charge in [0.2, 0.25) is 0 Å². The second kappa shape index (κ2) is 8.20. The number of hydrogen-bond donors (Lipinski definition) is 0. The number of hydrogen-bond acceptors (Lipinski definition) is 2. The Morgan fingerprint density at radius 1 is 1.06 bits per heavy atom. The molecule has 4 aliphatic rings. The summed E-state index contributed by atoms with van der Waals surface area (Å²) in [5, 5.41) is 2.78. The molecule has 176 valence electrons. The van der Waals surface area contributed by atoms with Gasteiger partial charge in [-0.2, -0.15) is 0 Å². The van der Waals surface area contributed by atoms with Crippen molar-refractivity contribution in [2.45, 2.75) is 111 Å². The van der Waals surface area contributed by atoms with Crippen LogP contribution in [0, 0.1) is 51.2 Å². The molecule has 4 heteroatoms. The van der Waals surface area contributed by atoms with Gasteiger partial charge in [-0.05, 0) is 84.9 Å². The van der Waals surface area contributed by atoms with Gasteiger partial charge in [-0.1, -0.05) is 70.7 Å². The lowest BCUT2D eigenvalue weighted by Crippen LogP contribution is -2.54. The second-order valence-corrected chi connectivity index (χ2v) is 12.5. The number of fused-ring (bicyclic) bond motifs is 5. The first-order valence-corrected chi connectivity index (χ1v) is 12.9. The first-order valence-electron chi connectivity index (χ1n) is 12.9. The molecule has 0 saturated heterocycles. The molecular formula is C27H43F2NO. The molecule has 0 aromatic carbocycles. The zero-order valence-corrected chi connectivity index (χ0v) is 20.3. The third-order valence-corrected chi connectivity index (χ3v) is 10.4. The minimum Gasteiger partial charge on any atom is -0.204 e. The average Bonchev–Trinajstić information content (AvgIpc) is 3.03. The van der Waals surface area contributed by atoms with E-state index in [2.05, 4.69) is 39.8 Å². The Labute approximate surface area is 188 Å². The van der Waals surface area contributed by atoms with Crippen LogP contribution in [-0.4, -0.2) is 12.0 Å². The van der Waals surface area contributed by atoms with Crippen molar-refractivity contribution >= 4 is 0 Å². The van der Waals surface area contributed by atoms with Crippen molar-refractivity contribution in [3.63, 3.8) is 0 Å². The predicted octanol–water partition coefficient (Wildman–Crippen LogP) is 8.41. The summed E-state index contributed by atoms with van der Waals surface area (Å²) in [6, 6.07) is -1.47. The molecule has 4 aliphatic carbocycles. The largest absolute Gasteiger partial charge is 0.277 e. The highest BCUT2D eigenvalue weighted by Crippen LogP contribution is 2.68. The van der Waals surface area contributed by atoms with Crippen LogP contribution in [0.2, 0.25) is 0 Å². The molecule has 0 aromatic rings. The summed E-state index contributed by atoms with van der Waals surface area (Å²) in [6.07, 6.45) is 12.2. The van der Waals surface area contributed by atoms with Crippen molar-refractivity contribution in [3.05, 3.63) is 16.6 Å². The highest BCUT2D eigenvalue weighted by Gasteiger charge is 2.62. The quantitative estimate of drug-likeness (QED) is 0.304. The minimum atomic E-state index is -3.01. The van der Waals surface area contributed by atoms with Gasteiger partial charge in [0.1, 0.15) is 0 Å². The van der Waals surface area contributed by atoms with Crippen LogP contribution in [0.15, 0.2) is 16.8 Å². The van der Waals surface area contributed by atoms with E-state index in [4.69, 9.17) is 0 Å². The highest BCUT2D eigenvalue weighted by atomic mass is 19.3. The second-order valence-electron chi connectivity index (χ2n) is 12.5. The van der Waals surface area contributed by atoms with E-state index in [-0.39, 0.29) is 6.42 Å². The maximum Gasteiger partial charge on any atom is 0.277 e. The molecule has 8 atom stereocenters. The summed E-state index contributed by atoms with van der Waals surface area (Å²) < 4.78 is 29.6. The molecule has 3 fully saturated rings. The zero-order valence-electron chi connectivity index (χ0n) is 20.3. The molecule has 4 unspecified atom stereocenters. The molecule has 3 saturated carbocycles. The van der Waals surface area contributed by atoms with Crippen LogP contribution in [0.3, 0.4) is 0 Å². The van der Waals surface area contributed by atoms with Crippen molar-refractivity contribution in [2.24, 2.45) is 51.5 Å². The van der Waals surface area contributed by atoms with Crippen molar-refractivity contribution in [1.29, 1.82) is 0 Å². The van der Waals surface area contributed by atoms with Gasteiger partial charge in [-0.3, -0.25) is 0 Å². The van der Waals surface area contributed by atoms with Crippen LogP contribution >= 0.6 is 0 Å². The Morgan fingerprint density at radius 3 is 2.48 bits per heavy atom. The fourth-order valence-electron chi connectivity index (χ4n) is 8.88. The Hall–Kier alpha value is -0.800. The van der Waals surface area contributed by atoms with Crippen LogP contribution < -0.4 is 0 Å². The summed E-state index contributed by atoms with van der Waals surface area (Å²) in [6.45, 7) is 11.7. The van der Waals surface area contributed by atoms with Crippen LogP contribution in [-0.2, 0) is 0 Å². The first-order chi connectivity index (χ1) is 14.5. The lowest BCUT2D eigenvalue weighted by Gasteiger charge is -2.59.